The Bertz CT molecular complexity index is 561. The van der Waals surface area contributed by atoms with Crippen LogP contribution in [0.5, 0.6) is 5.75 Å². The highest BCUT2D eigenvalue weighted by Gasteiger charge is 2.29. The smallest absolute Gasteiger partial charge is 0.129 e. The summed E-state index contributed by atoms with van der Waals surface area (Å²) >= 11 is 0. The molecule has 2 unspecified atom stereocenters. The topological polar surface area (TPSA) is 68.4 Å². The van der Waals surface area contributed by atoms with Crippen LogP contribution in [0.2, 0.25) is 0 Å². The number of hydrogen-bond acceptors (Lipinski definition) is 4. The number of ether oxygens (including phenoxy) is 1. The van der Waals surface area contributed by atoms with Crippen molar-refractivity contribution in [2.24, 2.45) is 0 Å². The molecule has 3 N–H and O–H groups in total. The van der Waals surface area contributed by atoms with E-state index in [1.54, 1.807) is 6.20 Å². The molecular weight excluding hydrogens is 240 g/mol. The number of nitrogen functional groups attached to an aromatic ring is 1. The molecule has 2 aromatic rings. The Morgan fingerprint density at radius 3 is 2.95 bits per heavy atom. The molecule has 0 spiro atoms. The Morgan fingerprint density at radius 1 is 1.32 bits per heavy atom. The summed E-state index contributed by atoms with van der Waals surface area (Å²) in [4.78, 5) is 4.02. The van der Waals surface area contributed by atoms with Crippen LogP contribution in [-0.2, 0) is 12.8 Å². The van der Waals surface area contributed by atoms with Gasteiger partial charge >= 0.3 is 0 Å². The summed E-state index contributed by atoms with van der Waals surface area (Å²) in [6.45, 7) is 0. The number of fused-ring (bicyclic) bond motifs is 1. The van der Waals surface area contributed by atoms with Crippen molar-refractivity contribution in [2.45, 2.75) is 25.0 Å². The SMILES string of the molecule is Nc1ncccc1CC(O)C1Cc2ccccc2O1. The Labute approximate surface area is 111 Å². The molecule has 2 atom stereocenters. The largest absolute Gasteiger partial charge is 0.487 e. The number of anilines is 1. The van der Waals surface area contributed by atoms with Gasteiger partial charge in [-0.05, 0) is 23.3 Å². The van der Waals surface area contributed by atoms with E-state index in [9.17, 15) is 5.11 Å². The number of hydrogen-bond donors (Lipinski definition) is 2. The van der Waals surface area contributed by atoms with E-state index in [2.05, 4.69) is 4.98 Å². The summed E-state index contributed by atoms with van der Waals surface area (Å²) < 4.78 is 5.77. The number of aromatic nitrogens is 1. The Kier molecular flexibility index (Phi) is 3.09. The summed E-state index contributed by atoms with van der Waals surface area (Å²) in [7, 11) is 0. The maximum atomic E-state index is 10.3. The second-order valence-corrected chi connectivity index (χ2v) is 4.79. The van der Waals surface area contributed by atoms with E-state index in [0.29, 0.717) is 12.2 Å². The van der Waals surface area contributed by atoms with Gasteiger partial charge in [-0.15, -0.1) is 0 Å². The quantitative estimate of drug-likeness (QED) is 0.874. The molecule has 0 amide bonds. The molecule has 0 saturated carbocycles. The molecule has 0 saturated heterocycles. The minimum Gasteiger partial charge on any atom is -0.487 e. The van der Waals surface area contributed by atoms with E-state index in [-0.39, 0.29) is 6.10 Å². The lowest BCUT2D eigenvalue weighted by atomic mass is 10.0. The maximum Gasteiger partial charge on any atom is 0.129 e. The molecule has 1 aliphatic heterocycles. The van der Waals surface area contributed by atoms with E-state index in [1.807, 2.05) is 36.4 Å². The molecule has 0 fully saturated rings. The van der Waals surface area contributed by atoms with E-state index in [4.69, 9.17) is 10.5 Å². The molecule has 0 radical (unpaired) electrons. The average Bonchev–Trinajstić information content (AvgIpc) is 2.85. The van der Waals surface area contributed by atoms with Crippen LogP contribution < -0.4 is 10.5 Å². The van der Waals surface area contributed by atoms with Crippen LogP contribution in [0, 0.1) is 0 Å². The van der Waals surface area contributed by atoms with Gasteiger partial charge in [-0.3, -0.25) is 0 Å². The zero-order valence-electron chi connectivity index (χ0n) is 10.5. The third-order valence-electron chi connectivity index (χ3n) is 3.46. The number of rotatable bonds is 3. The molecule has 98 valence electrons. The van der Waals surface area contributed by atoms with Crippen molar-refractivity contribution in [3.63, 3.8) is 0 Å². The van der Waals surface area contributed by atoms with Crippen molar-refractivity contribution in [3.05, 3.63) is 53.7 Å². The number of aliphatic hydroxyl groups is 1. The summed E-state index contributed by atoms with van der Waals surface area (Å²) in [6.07, 6.45) is 2.04. The van der Waals surface area contributed by atoms with Crippen LogP contribution in [0.25, 0.3) is 0 Å². The third-order valence-corrected chi connectivity index (χ3v) is 3.46. The monoisotopic (exact) mass is 256 g/mol. The van der Waals surface area contributed by atoms with Gasteiger partial charge in [0.15, 0.2) is 0 Å². The number of pyridine rings is 1. The van der Waals surface area contributed by atoms with Gasteiger partial charge < -0.3 is 15.6 Å². The van der Waals surface area contributed by atoms with Gasteiger partial charge in [0.2, 0.25) is 0 Å². The predicted octanol–water partition coefficient (Wildman–Crippen LogP) is 1.57. The van der Waals surface area contributed by atoms with Gasteiger partial charge in [-0.1, -0.05) is 24.3 Å². The molecule has 1 aliphatic rings. The first-order valence-electron chi connectivity index (χ1n) is 6.36. The zero-order chi connectivity index (χ0) is 13.2. The van der Waals surface area contributed by atoms with Crippen molar-refractivity contribution in [3.8, 4) is 5.75 Å². The molecule has 4 heteroatoms. The molecule has 4 nitrogen and oxygen atoms in total. The summed E-state index contributed by atoms with van der Waals surface area (Å²) in [5.41, 5.74) is 7.79. The zero-order valence-corrected chi connectivity index (χ0v) is 10.5. The lowest BCUT2D eigenvalue weighted by Crippen LogP contribution is -2.32. The summed E-state index contributed by atoms with van der Waals surface area (Å²) in [6, 6.07) is 11.6. The Morgan fingerprint density at radius 2 is 2.16 bits per heavy atom. The highest BCUT2D eigenvalue weighted by Crippen LogP contribution is 2.30. The van der Waals surface area contributed by atoms with Crippen molar-refractivity contribution >= 4 is 5.82 Å². The first-order chi connectivity index (χ1) is 9.24. The lowest BCUT2D eigenvalue weighted by Gasteiger charge is -2.18. The van der Waals surface area contributed by atoms with Crippen molar-refractivity contribution in [1.82, 2.24) is 4.98 Å². The number of para-hydroxylation sites is 1. The second kappa shape index (κ2) is 4.90. The van der Waals surface area contributed by atoms with E-state index in [0.717, 1.165) is 23.3 Å². The molecule has 3 rings (SSSR count). The Hall–Kier alpha value is -2.07. The molecule has 1 aromatic heterocycles. The molecule has 19 heavy (non-hydrogen) atoms. The van der Waals surface area contributed by atoms with E-state index >= 15 is 0 Å². The van der Waals surface area contributed by atoms with Crippen LogP contribution in [0.4, 0.5) is 5.82 Å². The molecule has 0 bridgehead atoms. The fraction of sp³-hybridized carbons (Fsp3) is 0.267. The first-order valence-corrected chi connectivity index (χ1v) is 6.36. The third kappa shape index (κ3) is 2.39. The van der Waals surface area contributed by atoms with Crippen LogP contribution in [-0.4, -0.2) is 22.3 Å². The number of aliphatic hydroxyl groups excluding tert-OH is 1. The standard InChI is InChI=1S/C15H16N2O2/c16-15-11(5-3-7-17-15)8-12(18)14-9-10-4-1-2-6-13(10)19-14/h1-7,12,14,18H,8-9H2,(H2,16,17). The number of nitrogens with zero attached hydrogens (tertiary/aromatic N) is 1. The fourth-order valence-electron chi connectivity index (χ4n) is 2.40. The average molecular weight is 256 g/mol. The van der Waals surface area contributed by atoms with Gasteiger partial charge in [0, 0.05) is 19.0 Å². The Balaban J connectivity index is 1.70. The molecule has 1 aromatic carbocycles. The minimum absolute atomic E-state index is 0.211. The predicted molar refractivity (Wildman–Crippen MR) is 72.9 cm³/mol. The van der Waals surface area contributed by atoms with Gasteiger partial charge in [0.25, 0.3) is 0 Å². The maximum absolute atomic E-state index is 10.3. The van der Waals surface area contributed by atoms with Crippen molar-refractivity contribution < 1.29 is 9.84 Å². The second-order valence-electron chi connectivity index (χ2n) is 4.79. The van der Waals surface area contributed by atoms with Crippen LogP contribution in [0.1, 0.15) is 11.1 Å². The van der Waals surface area contributed by atoms with Crippen molar-refractivity contribution in [2.75, 3.05) is 5.73 Å². The van der Waals surface area contributed by atoms with Crippen LogP contribution >= 0.6 is 0 Å². The molecule has 2 heterocycles. The molecular formula is C15H16N2O2. The number of nitrogens with two attached hydrogens (primary N) is 1. The first kappa shape index (κ1) is 12.0. The highest BCUT2D eigenvalue weighted by atomic mass is 16.5. The highest BCUT2D eigenvalue weighted by molar-refractivity contribution is 5.40. The summed E-state index contributed by atoms with van der Waals surface area (Å²) in [5.74, 6) is 1.34. The normalized spacial score (nSPS) is 18.7. The van der Waals surface area contributed by atoms with Crippen LogP contribution in [0.15, 0.2) is 42.6 Å². The minimum atomic E-state index is -0.584. The van der Waals surface area contributed by atoms with E-state index < -0.39 is 6.10 Å². The molecule has 0 aliphatic carbocycles. The summed E-state index contributed by atoms with van der Waals surface area (Å²) in [5, 5.41) is 10.3. The van der Waals surface area contributed by atoms with Crippen LogP contribution in [0.3, 0.4) is 0 Å². The fourth-order valence-corrected chi connectivity index (χ4v) is 2.40. The van der Waals surface area contributed by atoms with Gasteiger partial charge in [0.1, 0.15) is 17.7 Å². The van der Waals surface area contributed by atoms with E-state index in [1.165, 1.54) is 0 Å². The lowest BCUT2D eigenvalue weighted by molar-refractivity contribution is 0.0503. The van der Waals surface area contributed by atoms with Gasteiger partial charge in [-0.2, -0.15) is 0 Å². The van der Waals surface area contributed by atoms with Gasteiger partial charge in [-0.25, -0.2) is 4.98 Å². The van der Waals surface area contributed by atoms with Crippen molar-refractivity contribution in [1.29, 1.82) is 0 Å². The van der Waals surface area contributed by atoms with Gasteiger partial charge in [0.05, 0.1) is 6.10 Å². The number of benzene rings is 1.